The van der Waals surface area contributed by atoms with Crippen LogP contribution in [0.3, 0.4) is 0 Å². The molecular weight excluding hydrogens is 549 g/mol. The Morgan fingerprint density at radius 1 is 0.947 bits per heavy atom. The molecule has 0 spiro atoms. The number of likely N-dealkylation sites (N-methyl/N-ethyl adjacent to an activating group) is 1. The van der Waals surface area contributed by atoms with E-state index >= 15 is 0 Å². The SMILES string of the molecule is CCC(C(=O)NC)N(Cc1c(Cl)cccc1Cl)C(=O)CN(c1ccc(OC)cc1)S(=O)(=O)c1ccccc1. The Morgan fingerprint density at radius 2 is 1.55 bits per heavy atom. The van der Waals surface area contributed by atoms with Crippen LogP contribution in [0.5, 0.6) is 5.75 Å². The van der Waals surface area contributed by atoms with Gasteiger partial charge >= 0.3 is 0 Å². The molecule has 11 heteroatoms. The van der Waals surface area contributed by atoms with Crippen LogP contribution in [0.15, 0.2) is 77.7 Å². The van der Waals surface area contributed by atoms with Crippen molar-refractivity contribution in [3.63, 3.8) is 0 Å². The summed E-state index contributed by atoms with van der Waals surface area (Å²) in [6, 6.07) is 18.2. The van der Waals surface area contributed by atoms with Gasteiger partial charge in [-0.25, -0.2) is 8.42 Å². The first-order chi connectivity index (χ1) is 18.1. The van der Waals surface area contributed by atoms with Crippen LogP contribution < -0.4 is 14.4 Å². The van der Waals surface area contributed by atoms with Crippen LogP contribution >= 0.6 is 23.2 Å². The maximum Gasteiger partial charge on any atom is 0.264 e. The van der Waals surface area contributed by atoms with Crippen molar-refractivity contribution in [2.75, 3.05) is 25.0 Å². The molecule has 3 aromatic carbocycles. The van der Waals surface area contributed by atoms with Crippen LogP contribution in [0, 0.1) is 0 Å². The number of anilines is 1. The van der Waals surface area contributed by atoms with Gasteiger partial charge in [-0.05, 0) is 55.0 Å². The minimum absolute atomic E-state index is 0.0164. The van der Waals surface area contributed by atoms with E-state index in [4.69, 9.17) is 27.9 Å². The first kappa shape index (κ1) is 29.3. The monoisotopic (exact) mass is 577 g/mol. The molecule has 0 aliphatic heterocycles. The van der Waals surface area contributed by atoms with Gasteiger partial charge in [0.05, 0.1) is 17.7 Å². The predicted octanol–water partition coefficient (Wildman–Crippen LogP) is 4.75. The highest BCUT2D eigenvalue weighted by Crippen LogP contribution is 2.29. The summed E-state index contributed by atoms with van der Waals surface area (Å²) in [5, 5.41) is 3.23. The highest BCUT2D eigenvalue weighted by Gasteiger charge is 2.34. The van der Waals surface area contributed by atoms with Crippen molar-refractivity contribution in [2.45, 2.75) is 30.8 Å². The number of rotatable bonds is 11. The Hall–Kier alpha value is -3.27. The van der Waals surface area contributed by atoms with Crippen LogP contribution in [0.4, 0.5) is 5.69 Å². The third-order valence-corrected chi connectivity index (χ3v) is 8.49. The second-order valence-electron chi connectivity index (χ2n) is 8.28. The second-order valence-corrected chi connectivity index (χ2v) is 11.0. The van der Waals surface area contributed by atoms with E-state index in [1.165, 1.54) is 31.2 Å². The molecule has 202 valence electrons. The smallest absolute Gasteiger partial charge is 0.264 e. The van der Waals surface area contributed by atoms with Gasteiger partial charge in [0, 0.05) is 29.2 Å². The van der Waals surface area contributed by atoms with Crippen molar-refractivity contribution in [3.05, 3.63) is 88.4 Å². The van der Waals surface area contributed by atoms with Gasteiger partial charge < -0.3 is 15.0 Å². The van der Waals surface area contributed by atoms with Crippen LogP contribution in [-0.4, -0.2) is 51.9 Å². The molecule has 0 saturated carbocycles. The maximum atomic E-state index is 13.9. The van der Waals surface area contributed by atoms with E-state index in [1.807, 2.05) is 0 Å². The average molecular weight is 579 g/mol. The Kier molecular flexibility index (Phi) is 10.0. The van der Waals surface area contributed by atoms with Gasteiger partial charge in [0.15, 0.2) is 0 Å². The second kappa shape index (κ2) is 13.0. The van der Waals surface area contributed by atoms with Gasteiger partial charge in [-0.1, -0.05) is 54.4 Å². The van der Waals surface area contributed by atoms with E-state index in [9.17, 15) is 18.0 Å². The summed E-state index contributed by atoms with van der Waals surface area (Å²) in [6.07, 6.45) is 0.279. The quantitative estimate of drug-likeness (QED) is 0.354. The molecule has 1 N–H and O–H groups in total. The van der Waals surface area contributed by atoms with Crippen molar-refractivity contribution >= 4 is 50.7 Å². The molecular formula is C27H29Cl2N3O5S. The lowest BCUT2D eigenvalue weighted by Gasteiger charge is -2.33. The number of hydrogen-bond donors (Lipinski definition) is 1. The summed E-state index contributed by atoms with van der Waals surface area (Å²) in [5.74, 6) is -0.476. The van der Waals surface area contributed by atoms with E-state index in [1.54, 1.807) is 67.6 Å². The summed E-state index contributed by atoms with van der Waals surface area (Å²) < 4.78 is 33.7. The third kappa shape index (κ3) is 6.59. The average Bonchev–Trinajstić information content (AvgIpc) is 2.93. The lowest BCUT2D eigenvalue weighted by atomic mass is 10.1. The highest BCUT2D eigenvalue weighted by atomic mass is 35.5. The minimum atomic E-state index is -4.16. The fraction of sp³-hybridized carbons (Fsp3) is 0.259. The van der Waals surface area contributed by atoms with Crippen LogP contribution in [0.1, 0.15) is 18.9 Å². The molecule has 3 aromatic rings. The summed E-state index contributed by atoms with van der Waals surface area (Å²) in [4.78, 5) is 28.0. The van der Waals surface area contributed by atoms with Crippen molar-refractivity contribution in [3.8, 4) is 5.75 Å². The number of nitrogens with zero attached hydrogens (tertiary/aromatic N) is 2. The Labute approximate surface area is 233 Å². The molecule has 0 aliphatic carbocycles. The molecule has 0 saturated heterocycles. The maximum absolute atomic E-state index is 13.9. The Bertz CT molecular complexity index is 1350. The van der Waals surface area contributed by atoms with Crippen LogP contribution in [-0.2, 0) is 26.2 Å². The normalized spacial score (nSPS) is 11.9. The largest absolute Gasteiger partial charge is 0.497 e. The van der Waals surface area contributed by atoms with Gasteiger partial charge in [0.1, 0.15) is 18.3 Å². The molecule has 0 fully saturated rings. The molecule has 1 atom stereocenters. The van der Waals surface area contributed by atoms with Gasteiger partial charge in [-0.15, -0.1) is 0 Å². The van der Waals surface area contributed by atoms with Crippen LogP contribution in [0.25, 0.3) is 0 Å². The summed E-state index contributed by atoms with van der Waals surface area (Å²) in [5.41, 5.74) is 0.708. The molecule has 0 radical (unpaired) electrons. The number of sulfonamides is 1. The van der Waals surface area contributed by atoms with Gasteiger partial charge in [0.2, 0.25) is 11.8 Å². The zero-order chi connectivity index (χ0) is 27.9. The molecule has 1 unspecified atom stereocenters. The number of halogens is 2. The molecule has 0 aromatic heterocycles. The summed E-state index contributed by atoms with van der Waals surface area (Å²) in [7, 11) is -1.19. The fourth-order valence-electron chi connectivity index (χ4n) is 3.94. The number of methoxy groups -OCH3 is 1. The van der Waals surface area contributed by atoms with E-state index in [-0.39, 0.29) is 23.5 Å². The first-order valence-corrected chi connectivity index (χ1v) is 14.0. The molecule has 0 bridgehead atoms. The molecule has 2 amide bonds. The zero-order valence-electron chi connectivity index (χ0n) is 21.2. The van der Waals surface area contributed by atoms with E-state index in [0.717, 1.165) is 4.31 Å². The first-order valence-electron chi connectivity index (χ1n) is 11.8. The van der Waals surface area contributed by atoms with Crippen molar-refractivity contribution in [2.24, 2.45) is 0 Å². The standard InChI is InChI=1S/C27H29Cl2N3O5S/c1-4-25(27(34)30-2)31(17-22-23(28)11-8-12-24(22)29)26(33)18-32(19-13-15-20(37-3)16-14-19)38(35,36)21-9-6-5-7-10-21/h5-16,25H,4,17-18H2,1-3H3,(H,30,34). The van der Waals surface area contributed by atoms with Crippen LogP contribution in [0.2, 0.25) is 10.0 Å². The van der Waals surface area contributed by atoms with Gasteiger partial charge in [-0.3, -0.25) is 13.9 Å². The fourth-order valence-corrected chi connectivity index (χ4v) is 5.89. The lowest BCUT2D eigenvalue weighted by Crippen LogP contribution is -2.51. The summed E-state index contributed by atoms with van der Waals surface area (Å²) in [6.45, 7) is 1.10. The molecule has 0 aliphatic rings. The highest BCUT2D eigenvalue weighted by molar-refractivity contribution is 7.92. The van der Waals surface area contributed by atoms with Crippen molar-refractivity contribution in [1.82, 2.24) is 10.2 Å². The van der Waals surface area contributed by atoms with Crippen molar-refractivity contribution in [1.29, 1.82) is 0 Å². The number of hydrogen-bond acceptors (Lipinski definition) is 5. The number of ether oxygens (including phenoxy) is 1. The third-order valence-electron chi connectivity index (χ3n) is 5.99. The molecule has 0 heterocycles. The number of benzene rings is 3. The van der Waals surface area contributed by atoms with E-state index in [2.05, 4.69) is 5.32 Å². The van der Waals surface area contributed by atoms with Crippen molar-refractivity contribution < 1.29 is 22.7 Å². The zero-order valence-corrected chi connectivity index (χ0v) is 23.6. The Balaban J connectivity index is 2.08. The minimum Gasteiger partial charge on any atom is -0.497 e. The number of carbonyl (C=O) groups excluding carboxylic acids is 2. The molecule has 8 nitrogen and oxygen atoms in total. The lowest BCUT2D eigenvalue weighted by molar-refractivity contribution is -0.140. The van der Waals surface area contributed by atoms with E-state index in [0.29, 0.717) is 21.4 Å². The van der Waals surface area contributed by atoms with E-state index < -0.39 is 34.4 Å². The Morgan fingerprint density at radius 3 is 2.08 bits per heavy atom. The molecule has 38 heavy (non-hydrogen) atoms. The molecule has 3 rings (SSSR count). The number of nitrogens with one attached hydrogen (secondary N) is 1. The topological polar surface area (TPSA) is 96.0 Å². The van der Waals surface area contributed by atoms with Gasteiger partial charge in [0.25, 0.3) is 10.0 Å². The summed E-state index contributed by atoms with van der Waals surface area (Å²) >= 11 is 12.8. The number of amides is 2. The van der Waals surface area contributed by atoms with Gasteiger partial charge in [-0.2, -0.15) is 0 Å². The predicted molar refractivity (Wildman–Crippen MR) is 149 cm³/mol. The number of carbonyl (C=O) groups is 2.